The molecule has 0 spiro atoms. The highest BCUT2D eigenvalue weighted by atomic mass is 16.7. The van der Waals surface area contributed by atoms with E-state index in [0.29, 0.717) is 19.1 Å². The van der Waals surface area contributed by atoms with Crippen molar-refractivity contribution in [3.8, 4) is 0 Å². The number of hydrogen-bond donors (Lipinski definition) is 0. The van der Waals surface area contributed by atoms with Crippen molar-refractivity contribution in [3.63, 3.8) is 0 Å². The minimum Gasteiger partial charge on any atom is -0.377 e. The van der Waals surface area contributed by atoms with Gasteiger partial charge in [-0.25, -0.2) is 5.06 Å². The van der Waals surface area contributed by atoms with Gasteiger partial charge in [0, 0.05) is 38.4 Å². The largest absolute Gasteiger partial charge is 0.377 e. The monoisotopic (exact) mass is 317 g/mol. The number of rotatable bonds is 3. The first-order valence-electron chi connectivity index (χ1n) is 8.49. The van der Waals surface area contributed by atoms with Crippen molar-refractivity contribution in [3.05, 3.63) is 30.1 Å². The van der Waals surface area contributed by atoms with Crippen LogP contribution in [0.4, 0.5) is 0 Å². The summed E-state index contributed by atoms with van der Waals surface area (Å²) in [5, 5.41) is 1.57. The smallest absolute Gasteiger partial charge is 0.250 e. The Kier molecular flexibility index (Phi) is 4.29. The normalized spacial score (nSPS) is 31.3. The third kappa shape index (κ3) is 3.11. The Balaban J connectivity index is 1.49. The maximum absolute atomic E-state index is 12.8. The van der Waals surface area contributed by atoms with Crippen LogP contribution in [-0.2, 0) is 20.9 Å². The number of likely N-dealkylation sites (tertiary alicyclic amines) is 1. The van der Waals surface area contributed by atoms with Gasteiger partial charge in [0.2, 0.25) is 0 Å². The minimum absolute atomic E-state index is 0.0296. The Hall–Kier alpha value is -1.50. The van der Waals surface area contributed by atoms with Gasteiger partial charge in [0.05, 0.1) is 30.9 Å². The van der Waals surface area contributed by atoms with E-state index < -0.39 is 0 Å². The van der Waals surface area contributed by atoms with Crippen LogP contribution in [0.3, 0.4) is 0 Å². The van der Waals surface area contributed by atoms with Crippen LogP contribution in [0.2, 0.25) is 0 Å². The molecule has 4 rings (SSSR count). The number of aromatic nitrogens is 1. The summed E-state index contributed by atoms with van der Waals surface area (Å²) in [5.74, 6) is 0.429. The highest BCUT2D eigenvalue weighted by molar-refractivity contribution is 5.79. The van der Waals surface area contributed by atoms with Gasteiger partial charge in [-0.15, -0.1) is 0 Å². The van der Waals surface area contributed by atoms with E-state index in [-0.39, 0.29) is 17.9 Å². The van der Waals surface area contributed by atoms with Crippen molar-refractivity contribution in [2.45, 2.75) is 25.5 Å². The number of nitrogens with zero attached hydrogens (tertiary/aromatic N) is 3. The molecule has 0 unspecified atom stereocenters. The standard InChI is InChI=1S/C17H23N3O3/c21-17(20-7-3-8-23-20)15-11-19(10-13-4-1-2-6-18-13)12-16-14(15)5-9-22-16/h1-2,4,6,14-16H,3,5,7-12H2/t14-,15-,16+/m1/s1. The number of piperidine rings is 1. The van der Waals surface area contributed by atoms with Crippen LogP contribution in [0, 0.1) is 11.8 Å². The zero-order chi connectivity index (χ0) is 15.6. The van der Waals surface area contributed by atoms with E-state index in [2.05, 4.69) is 9.88 Å². The first-order valence-corrected chi connectivity index (χ1v) is 8.49. The molecule has 0 N–H and O–H groups in total. The lowest BCUT2D eigenvalue weighted by Crippen LogP contribution is -2.52. The molecule has 0 saturated carbocycles. The molecule has 3 aliphatic heterocycles. The van der Waals surface area contributed by atoms with Gasteiger partial charge in [-0.1, -0.05) is 6.07 Å². The van der Waals surface area contributed by atoms with Gasteiger partial charge < -0.3 is 4.74 Å². The lowest BCUT2D eigenvalue weighted by Gasteiger charge is -2.40. The fraction of sp³-hybridized carbons (Fsp3) is 0.647. The molecule has 23 heavy (non-hydrogen) atoms. The molecule has 3 fully saturated rings. The summed E-state index contributed by atoms with van der Waals surface area (Å²) in [6.07, 6.45) is 3.88. The number of carbonyl (C=O) groups is 1. The molecule has 6 heteroatoms. The second-order valence-corrected chi connectivity index (χ2v) is 6.61. The first-order chi connectivity index (χ1) is 11.3. The molecule has 0 bridgehead atoms. The number of fused-ring (bicyclic) bond motifs is 1. The summed E-state index contributed by atoms with van der Waals surface area (Å²) in [6, 6.07) is 5.96. The fourth-order valence-corrected chi connectivity index (χ4v) is 3.97. The highest BCUT2D eigenvalue weighted by Crippen LogP contribution is 2.35. The maximum Gasteiger partial charge on any atom is 0.250 e. The third-order valence-electron chi connectivity index (χ3n) is 5.10. The molecule has 3 saturated heterocycles. The van der Waals surface area contributed by atoms with Crippen molar-refractivity contribution in [1.82, 2.24) is 14.9 Å². The Labute approximate surface area is 136 Å². The van der Waals surface area contributed by atoms with Crippen LogP contribution >= 0.6 is 0 Å². The molecule has 3 atom stereocenters. The molecular weight excluding hydrogens is 294 g/mol. The van der Waals surface area contributed by atoms with E-state index in [4.69, 9.17) is 9.57 Å². The molecular formula is C17H23N3O3. The molecule has 4 heterocycles. The summed E-state index contributed by atoms with van der Waals surface area (Å²) in [4.78, 5) is 25.0. The van der Waals surface area contributed by atoms with E-state index in [1.807, 2.05) is 24.4 Å². The molecule has 1 aromatic rings. The van der Waals surface area contributed by atoms with Crippen molar-refractivity contribution < 1.29 is 14.4 Å². The van der Waals surface area contributed by atoms with E-state index in [9.17, 15) is 4.79 Å². The summed E-state index contributed by atoms with van der Waals surface area (Å²) in [7, 11) is 0. The Morgan fingerprint density at radius 3 is 3.04 bits per heavy atom. The third-order valence-corrected chi connectivity index (χ3v) is 5.10. The summed E-state index contributed by atoms with van der Waals surface area (Å²) in [5.41, 5.74) is 1.03. The molecule has 0 aromatic carbocycles. The molecule has 0 radical (unpaired) electrons. The lowest BCUT2D eigenvalue weighted by molar-refractivity contribution is -0.179. The van der Waals surface area contributed by atoms with Crippen molar-refractivity contribution in [2.75, 3.05) is 32.8 Å². The van der Waals surface area contributed by atoms with Crippen LogP contribution in [-0.4, -0.2) is 59.8 Å². The predicted molar refractivity (Wildman–Crippen MR) is 83.1 cm³/mol. The van der Waals surface area contributed by atoms with E-state index in [1.54, 1.807) is 5.06 Å². The number of hydroxylamine groups is 2. The van der Waals surface area contributed by atoms with E-state index in [1.165, 1.54) is 0 Å². The van der Waals surface area contributed by atoms with Gasteiger partial charge in [0.25, 0.3) is 5.91 Å². The Morgan fingerprint density at radius 1 is 1.30 bits per heavy atom. The van der Waals surface area contributed by atoms with Crippen LogP contribution in [0.15, 0.2) is 24.4 Å². The molecule has 0 aliphatic carbocycles. The van der Waals surface area contributed by atoms with Crippen LogP contribution in [0.25, 0.3) is 0 Å². The van der Waals surface area contributed by atoms with Crippen molar-refractivity contribution in [1.29, 1.82) is 0 Å². The van der Waals surface area contributed by atoms with Crippen LogP contribution < -0.4 is 0 Å². The van der Waals surface area contributed by atoms with Gasteiger partial charge in [0.1, 0.15) is 0 Å². The fourth-order valence-electron chi connectivity index (χ4n) is 3.97. The topological polar surface area (TPSA) is 54.9 Å². The second kappa shape index (κ2) is 6.55. The maximum atomic E-state index is 12.8. The summed E-state index contributed by atoms with van der Waals surface area (Å²) < 4.78 is 5.89. The first kappa shape index (κ1) is 15.1. The minimum atomic E-state index is -0.0296. The summed E-state index contributed by atoms with van der Waals surface area (Å²) >= 11 is 0. The zero-order valence-electron chi connectivity index (χ0n) is 13.3. The predicted octanol–water partition coefficient (Wildman–Crippen LogP) is 1.08. The van der Waals surface area contributed by atoms with E-state index >= 15 is 0 Å². The van der Waals surface area contributed by atoms with Crippen LogP contribution in [0.1, 0.15) is 18.5 Å². The average Bonchev–Trinajstić information content (AvgIpc) is 3.26. The number of amides is 1. The number of hydrogen-bond acceptors (Lipinski definition) is 5. The molecule has 124 valence electrons. The van der Waals surface area contributed by atoms with Crippen molar-refractivity contribution >= 4 is 5.91 Å². The van der Waals surface area contributed by atoms with Gasteiger partial charge >= 0.3 is 0 Å². The van der Waals surface area contributed by atoms with Gasteiger partial charge in [0.15, 0.2) is 0 Å². The van der Waals surface area contributed by atoms with E-state index in [0.717, 1.165) is 44.8 Å². The highest BCUT2D eigenvalue weighted by Gasteiger charge is 2.45. The molecule has 3 aliphatic rings. The molecule has 1 amide bonds. The lowest BCUT2D eigenvalue weighted by atomic mass is 9.82. The average molecular weight is 317 g/mol. The van der Waals surface area contributed by atoms with Crippen molar-refractivity contribution in [2.24, 2.45) is 11.8 Å². The number of ether oxygens (including phenoxy) is 1. The Bertz CT molecular complexity index is 547. The molecule has 1 aromatic heterocycles. The number of carbonyl (C=O) groups excluding carboxylic acids is 1. The zero-order valence-corrected chi connectivity index (χ0v) is 13.3. The number of pyridine rings is 1. The Morgan fingerprint density at radius 2 is 2.26 bits per heavy atom. The van der Waals surface area contributed by atoms with Gasteiger partial charge in [-0.2, -0.15) is 0 Å². The van der Waals surface area contributed by atoms with Gasteiger partial charge in [-0.05, 0) is 25.0 Å². The van der Waals surface area contributed by atoms with Crippen LogP contribution in [0.5, 0.6) is 0 Å². The van der Waals surface area contributed by atoms with Gasteiger partial charge in [-0.3, -0.25) is 19.5 Å². The molecule has 6 nitrogen and oxygen atoms in total. The second-order valence-electron chi connectivity index (χ2n) is 6.61. The summed E-state index contributed by atoms with van der Waals surface area (Å²) in [6.45, 7) is 4.54. The SMILES string of the molecule is O=C([C@@H]1CN(Cc2ccccn2)C[C@@H]2OCC[C@@H]21)N1CCCO1. The quantitative estimate of drug-likeness (QED) is 0.835.